The molecule has 0 unspecified atom stereocenters. The average molecular weight is 361 g/mol. The Hall–Kier alpha value is -1.43. The van der Waals surface area contributed by atoms with Crippen LogP contribution in [0.15, 0.2) is 22.7 Å². The minimum absolute atomic E-state index is 0. The Morgan fingerprint density at radius 1 is 1.26 bits per heavy atom. The van der Waals surface area contributed by atoms with E-state index in [1.165, 1.54) is 0 Å². The first-order valence-corrected chi connectivity index (χ1v) is 7.64. The van der Waals surface area contributed by atoms with E-state index >= 15 is 0 Å². The lowest BCUT2D eigenvalue weighted by Crippen LogP contribution is -2.13. The summed E-state index contributed by atoms with van der Waals surface area (Å²) in [7, 11) is 1.61. The predicted molar refractivity (Wildman–Crippen MR) is 92.8 cm³/mol. The number of methoxy groups -OCH3 is 1. The summed E-state index contributed by atoms with van der Waals surface area (Å²) in [6, 6.07) is 5.72. The fraction of sp³-hybridized carbons (Fsp3) is 0.438. The van der Waals surface area contributed by atoms with Crippen molar-refractivity contribution in [1.29, 1.82) is 0 Å². The van der Waals surface area contributed by atoms with E-state index in [4.69, 9.17) is 25.6 Å². The lowest BCUT2D eigenvalue weighted by molar-refractivity contribution is 0.294. The molecule has 128 valence electrons. The molecule has 2 aromatic rings. The summed E-state index contributed by atoms with van der Waals surface area (Å²) >= 11 is 6.29. The molecular weight excluding hydrogens is 339 g/mol. The summed E-state index contributed by atoms with van der Waals surface area (Å²) in [4.78, 5) is 0. The number of nitrogens with zero attached hydrogens (tertiary/aromatic N) is 1. The van der Waals surface area contributed by atoms with Crippen LogP contribution >= 0.6 is 24.0 Å². The van der Waals surface area contributed by atoms with Gasteiger partial charge in [0.1, 0.15) is 5.76 Å². The number of benzene rings is 1. The second-order valence-corrected chi connectivity index (χ2v) is 5.40. The summed E-state index contributed by atoms with van der Waals surface area (Å²) in [5.41, 5.74) is 1.89. The Morgan fingerprint density at radius 3 is 2.65 bits per heavy atom. The Kier molecular flexibility index (Phi) is 8.23. The van der Waals surface area contributed by atoms with Crippen molar-refractivity contribution >= 4 is 24.0 Å². The fourth-order valence-electron chi connectivity index (χ4n) is 2.06. The normalized spacial score (nSPS) is 10.3. The van der Waals surface area contributed by atoms with E-state index < -0.39 is 0 Å². The molecule has 0 aliphatic heterocycles. The van der Waals surface area contributed by atoms with E-state index in [1.807, 2.05) is 32.0 Å². The van der Waals surface area contributed by atoms with E-state index in [0.717, 1.165) is 23.4 Å². The van der Waals surface area contributed by atoms with Crippen LogP contribution in [-0.4, -0.2) is 18.9 Å². The van der Waals surface area contributed by atoms with Crippen molar-refractivity contribution in [2.45, 2.75) is 33.4 Å². The van der Waals surface area contributed by atoms with Crippen molar-refractivity contribution in [1.82, 2.24) is 10.5 Å². The lowest BCUT2D eigenvalue weighted by Gasteiger charge is -2.14. The molecule has 0 saturated heterocycles. The topological polar surface area (TPSA) is 56.5 Å². The van der Waals surface area contributed by atoms with Gasteiger partial charge in [0.15, 0.2) is 11.5 Å². The van der Waals surface area contributed by atoms with Gasteiger partial charge in [-0.25, -0.2) is 0 Å². The third kappa shape index (κ3) is 5.61. The van der Waals surface area contributed by atoms with Gasteiger partial charge in [-0.05, 0) is 31.0 Å². The Labute approximate surface area is 147 Å². The van der Waals surface area contributed by atoms with Gasteiger partial charge in [-0.15, -0.1) is 12.4 Å². The molecule has 0 atom stereocenters. The number of hydrogen-bond donors (Lipinski definition) is 1. The van der Waals surface area contributed by atoms with Crippen LogP contribution in [0.4, 0.5) is 0 Å². The smallest absolute Gasteiger partial charge is 0.179 e. The fourth-order valence-corrected chi connectivity index (χ4v) is 2.34. The van der Waals surface area contributed by atoms with Crippen LogP contribution in [0, 0.1) is 6.92 Å². The zero-order valence-electron chi connectivity index (χ0n) is 13.5. The van der Waals surface area contributed by atoms with Crippen molar-refractivity contribution in [2.75, 3.05) is 13.7 Å². The van der Waals surface area contributed by atoms with Crippen molar-refractivity contribution in [3.63, 3.8) is 0 Å². The number of aromatic nitrogens is 1. The Morgan fingerprint density at radius 2 is 2.04 bits per heavy atom. The van der Waals surface area contributed by atoms with Gasteiger partial charge in [0, 0.05) is 19.2 Å². The van der Waals surface area contributed by atoms with Crippen LogP contribution in [0.1, 0.15) is 30.4 Å². The number of rotatable bonds is 8. The van der Waals surface area contributed by atoms with Gasteiger partial charge in [-0.1, -0.05) is 23.7 Å². The molecule has 7 heteroatoms. The maximum absolute atomic E-state index is 6.29. The highest BCUT2D eigenvalue weighted by atomic mass is 35.5. The van der Waals surface area contributed by atoms with E-state index in [0.29, 0.717) is 36.2 Å². The molecule has 0 radical (unpaired) electrons. The molecule has 0 aliphatic carbocycles. The molecule has 2 rings (SSSR count). The number of halogens is 2. The Balaban J connectivity index is 0.00000264. The van der Waals surface area contributed by atoms with E-state index in [2.05, 4.69) is 10.5 Å². The molecule has 0 fully saturated rings. The third-order valence-electron chi connectivity index (χ3n) is 3.05. The van der Waals surface area contributed by atoms with Crippen LogP contribution in [-0.2, 0) is 13.1 Å². The molecule has 0 aliphatic rings. The molecule has 1 heterocycles. The zero-order chi connectivity index (χ0) is 15.9. The summed E-state index contributed by atoms with van der Waals surface area (Å²) in [6.45, 7) is 5.81. The zero-order valence-corrected chi connectivity index (χ0v) is 15.1. The largest absolute Gasteiger partial charge is 0.493 e. The average Bonchev–Trinajstić information content (AvgIpc) is 2.91. The first-order chi connectivity index (χ1) is 10.6. The maximum atomic E-state index is 6.29. The highest BCUT2D eigenvalue weighted by Crippen LogP contribution is 2.36. The van der Waals surface area contributed by atoms with Gasteiger partial charge in [0.05, 0.1) is 24.4 Å². The van der Waals surface area contributed by atoms with E-state index in [-0.39, 0.29) is 12.4 Å². The highest BCUT2D eigenvalue weighted by molar-refractivity contribution is 6.32. The van der Waals surface area contributed by atoms with Crippen molar-refractivity contribution in [3.8, 4) is 11.5 Å². The molecule has 1 aromatic heterocycles. The first-order valence-electron chi connectivity index (χ1n) is 7.26. The van der Waals surface area contributed by atoms with Crippen molar-refractivity contribution in [3.05, 3.63) is 40.2 Å². The molecule has 5 nitrogen and oxygen atoms in total. The molecule has 1 N–H and O–H groups in total. The second-order valence-electron chi connectivity index (χ2n) is 4.99. The number of hydrogen-bond acceptors (Lipinski definition) is 5. The summed E-state index contributed by atoms with van der Waals surface area (Å²) in [5, 5.41) is 7.79. The third-order valence-corrected chi connectivity index (χ3v) is 3.33. The van der Waals surface area contributed by atoms with Gasteiger partial charge in [-0.3, -0.25) is 0 Å². The molecule has 0 saturated carbocycles. The van der Waals surface area contributed by atoms with Crippen molar-refractivity contribution in [2.24, 2.45) is 0 Å². The van der Waals surface area contributed by atoms with Crippen LogP contribution in [0.3, 0.4) is 0 Å². The van der Waals surface area contributed by atoms with Crippen LogP contribution in [0.5, 0.6) is 11.5 Å². The molecule has 1 aromatic carbocycles. The molecular formula is C16H22Cl2N2O3. The van der Waals surface area contributed by atoms with Crippen LogP contribution in [0.25, 0.3) is 0 Å². The van der Waals surface area contributed by atoms with E-state index in [1.54, 1.807) is 7.11 Å². The van der Waals surface area contributed by atoms with Gasteiger partial charge >= 0.3 is 0 Å². The molecule has 0 bridgehead atoms. The summed E-state index contributed by atoms with van der Waals surface area (Å²) < 4.78 is 16.0. The van der Waals surface area contributed by atoms with Gasteiger partial charge in [0.25, 0.3) is 0 Å². The van der Waals surface area contributed by atoms with Crippen molar-refractivity contribution < 1.29 is 14.0 Å². The maximum Gasteiger partial charge on any atom is 0.179 e. The minimum Gasteiger partial charge on any atom is -0.493 e. The van der Waals surface area contributed by atoms with Gasteiger partial charge < -0.3 is 19.3 Å². The van der Waals surface area contributed by atoms with Gasteiger partial charge in [0.2, 0.25) is 0 Å². The standard InChI is InChI=1S/C16H21ClN2O3.ClH/c1-4-5-21-16-14(17)7-12(8-15(16)20-3)9-18-10-13-6-11(2)22-19-13;/h6-8,18H,4-5,9-10H2,1-3H3;1H. The summed E-state index contributed by atoms with van der Waals surface area (Å²) in [6.07, 6.45) is 0.917. The van der Waals surface area contributed by atoms with Crippen LogP contribution in [0.2, 0.25) is 5.02 Å². The SMILES string of the molecule is CCCOc1c(Cl)cc(CNCc2cc(C)on2)cc1OC.Cl. The number of ether oxygens (including phenoxy) is 2. The molecule has 0 amide bonds. The highest BCUT2D eigenvalue weighted by Gasteiger charge is 2.12. The molecule has 0 spiro atoms. The Bertz CT molecular complexity index is 617. The minimum atomic E-state index is 0. The number of aryl methyl sites for hydroxylation is 1. The van der Waals surface area contributed by atoms with Gasteiger partial charge in [-0.2, -0.15) is 0 Å². The van der Waals surface area contributed by atoms with Crippen LogP contribution < -0.4 is 14.8 Å². The number of nitrogens with one attached hydrogen (secondary N) is 1. The summed E-state index contributed by atoms with van der Waals surface area (Å²) in [5.74, 6) is 2.05. The first kappa shape index (κ1) is 19.6. The second kappa shape index (κ2) is 9.65. The quantitative estimate of drug-likeness (QED) is 0.766. The lowest BCUT2D eigenvalue weighted by atomic mass is 10.2. The predicted octanol–water partition coefficient (Wildman–Crippen LogP) is 4.15. The monoisotopic (exact) mass is 360 g/mol. The van der Waals surface area contributed by atoms with E-state index in [9.17, 15) is 0 Å². The molecule has 23 heavy (non-hydrogen) atoms.